The number of benzene rings is 1. The zero-order chi connectivity index (χ0) is 17.7. The van der Waals surface area contributed by atoms with Gasteiger partial charge in [-0.05, 0) is 45.4 Å². The molecule has 0 radical (unpaired) electrons. The van der Waals surface area contributed by atoms with Gasteiger partial charge in [-0.3, -0.25) is 4.99 Å². The van der Waals surface area contributed by atoms with Crippen LogP contribution in [0.1, 0.15) is 39.2 Å². The molecule has 0 amide bonds. The van der Waals surface area contributed by atoms with E-state index in [0.717, 1.165) is 45.0 Å². The van der Waals surface area contributed by atoms with E-state index in [1.807, 2.05) is 30.0 Å². The van der Waals surface area contributed by atoms with Crippen molar-refractivity contribution in [3.8, 4) is 0 Å². The summed E-state index contributed by atoms with van der Waals surface area (Å²) < 4.78 is 5.88. The van der Waals surface area contributed by atoms with Crippen LogP contribution in [0.5, 0.6) is 0 Å². The lowest BCUT2D eigenvalue weighted by molar-refractivity contribution is 0.117. The molecule has 0 bridgehead atoms. The highest BCUT2D eigenvalue weighted by molar-refractivity contribution is 7.99. The molecule has 0 heterocycles. The minimum Gasteiger partial charge on any atom is -0.377 e. The van der Waals surface area contributed by atoms with E-state index >= 15 is 0 Å². The van der Waals surface area contributed by atoms with Gasteiger partial charge in [0.2, 0.25) is 0 Å². The lowest BCUT2D eigenvalue weighted by Crippen LogP contribution is -2.39. The number of aliphatic imine (C=N–C) groups is 1. The maximum absolute atomic E-state index is 5.70. The van der Waals surface area contributed by atoms with Gasteiger partial charge in [0.15, 0.2) is 5.96 Å². The predicted octanol–water partition coefficient (Wildman–Crippen LogP) is 3.68. The van der Waals surface area contributed by atoms with Gasteiger partial charge >= 0.3 is 0 Å². The Balaban J connectivity index is 2.15. The van der Waals surface area contributed by atoms with E-state index in [-0.39, 0.29) is 4.75 Å². The van der Waals surface area contributed by atoms with Crippen molar-refractivity contribution in [1.82, 2.24) is 10.6 Å². The van der Waals surface area contributed by atoms with Crippen molar-refractivity contribution in [2.75, 3.05) is 32.5 Å². The molecule has 0 fully saturated rings. The van der Waals surface area contributed by atoms with Crippen molar-refractivity contribution in [1.29, 1.82) is 0 Å². The van der Waals surface area contributed by atoms with E-state index in [1.165, 1.54) is 5.56 Å². The van der Waals surface area contributed by atoms with Crippen molar-refractivity contribution in [2.24, 2.45) is 4.99 Å². The first-order chi connectivity index (χ1) is 11.6. The Morgan fingerprint density at radius 2 is 1.92 bits per heavy atom. The zero-order valence-electron chi connectivity index (χ0n) is 15.6. The lowest BCUT2D eigenvalue weighted by atomic mass is 10.2. The van der Waals surface area contributed by atoms with Crippen LogP contribution in [0.2, 0.25) is 0 Å². The molecule has 0 aliphatic heterocycles. The highest BCUT2D eigenvalue weighted by Crippen LogP contribution is 2.20. The Kier molecular flexibility index (Phi) is 10.6. The van der Waals surface area contributed by atoms with Gasteiger partial charge in [0.1, 0.15) is 0 Å². The first kappa shape index (κ1) is 20.8. The Labute approximate surface area is 151 Å². The first-order valence-corrected chi connectivity index (χ1v) is 9.99. The number of rotatable bonds is 11. The third-order valence-electron chi connectivity index (χ3n) is 3.63. The summed E-state index contributed by atoms with van der Waals surface area (Å²) in [7, 11) is 0. The van der Waals surface area contributed by atoms with Crippen LogP contribution in [0.3, 0.4) is 0 Å². The average Bonchev–Trinajstić information content (AvgIpc) is 2.59. The Hall–Kier alpha value is -1.20. The van der Waals surface area contributed by atoms with Gasteiger partial charge in [-0.2, -0.15) is 11.8 Å². The molecule has 2 N–H and O–H groups in total. The van der Waals surface area contributed by atoms with Crippen molar-refractivity contribution in [3.63, 3.8) is 0 Å². The van der Waals surface area contributed by atoms with Crippen LogP contribution in [0.25, 0.3) is 0 Å². The van der Waals surface area contributed by atoms with Crippen LogP contribution in [-0.2, 0) is 11.3 Å². The fraction of sp³-hybridized carbons (Fsp3) is 0.632. The van der Waals surface area contributed by atoms with E-state index in [4.69, 9.17) is 4.74 Å². The minimum atomic E-state index is 0.174. The summed E-state index contributed by atoms with van der Waals surface area (Å²) >= 11 is 1.84. The van der Waals surface area contributed by atoms with Gasteiger partial charge in [0.05, 0.1) is 13.2 Å². The molecule has 1 rings (SSSR count). The molecule has 5 heteroatoms. The SMILES string of the molecule is CCNC(=NCC(C)(C)SC)NCCCCOCc1ccccc1. The molecular formula is C19H33N3OS. The second kappa shape index (κ2) is 12.2. The highest BCUT2D eigenvalue weighted by atomic mass is 32.2. The number of unbranched alkanes of at least 4 members (excludes halogenated alkanes) is 1. The number of ether oxygens (including phenoxy) is 1. The van der Waals surface area contributed by atoms with Crippen LogP contribution in [0.4, 0.5) is 0 Å². The van der Waals surface area contributed by atoms with Crippen molar-refractivity contribution in [3.05, 3.63) is 35.9 Å². The summed E-state index contributed by atoms with van der Waals surface area (Å²) in [6, 6.07) is 10.3. The summed E-state index contributed by atoms with van der Waals surface area (Å²) in [5.41, 5.74) is 1.23. The predicted molar refractivity (Wildman–Crippen MR) is 107 cm³/mol. The molecule has 0 atom stereocenters. The molecule has 0 aliphatic rings. The molecule has 4 nitrogen and oxygen atoms in total. The molecule has 0 aromatic heterocycles. The molecule has 1 aromatic carbocycles. The first-order valence-electron chi connectivity index (χ1n) is 8.76. The number of hydrogen-bond donors (Lipinski definition) is 2. The summed E-state index contributed by atoms with van der Waals surface area (Å²) in [4.78, 5) is 4.67. The number of nitrogens with one attached hydrogen (secondary N) is 2. The summed E-state index contributed by atoms with van der Waals surface area (Å²) in [5.74, 6) is 0.907. The number of guanidine groups is 1. The van der Waals surface area contributed by atoms with Gasteiger partial charge in [0.25, 0.3) is 0 Å². The van der Waals surface area contributed by atoms with Crippen LogP contribution in [0.15, 0.2) is 35.3 Å². The normalized spacial score (nSPS) is 12.2. The van der Waals surface area contributed by atoms with E-state index in [1.54, 1.807) is 0 Å². The fourth-order valence-electron chi connectivity index (χ4n) is 1.98. The summed E-state index contributed by atoms with van der Waals surface area (Å²) in [5, 5.41) is 6.70. The maximum atomic E-state index is 5.70. The van der Waals surface area contributed by atoms with Crippen molar-refractivity contribution in [2.45, 2.75) is 45.0 Å². The molecule has 1 aromatic rings. The van der Waals surface area contributed by atoms with E-state index in [0.29, 0.717) is 6.61 Å². The van der Waals surface area contributed by atoms with Gasteiger partial charge < -0.3 is 15.4 Å². The molecular weight excluding hydrogens is 318 g/mol. The lowest BCUT2D eigenvalue weighted by Gasteiger charge is -2.20. The van der Waals surface area contributed by atoms with Gasteiger partial charge in [0, 0.05) is 24.4 Å². The van der Waals surface area contributed by atoms with Crippen LogP contribution in [0, 0.1) is 0 Å². The Morgan fingerprint density at radius 1 is 1.17 bits per heavy atom. The summed E-state index contributed by atoms with van der Waals surface area (Å²) in [6.45, 7) is 10.6. The second-order valence-corrected chi connectivity index (χ2v) is 7.84. The molecule has 0 saturated heterocycles. The quantitative estimate of drug-likeness (QED) is 0.363. The summed E-state index contributed by atoms with van der Waals surface area (Å²) in [6.07, 6.45) is 4.26. The third-order valence-corrected chi connectivity index (χ3v) is 4.87. The zero-order valence-corrected chi connectivity index (χ0v) is 16.4. The Bertz CT molecular complexity index is 463. The smallest absolute Gasteiger partial charge is 0.191 e. The number of hydrogen-bond acceptors (Lipinski definition) is 3. The largest absolute Gasteiger partial charge is 0.377 e. The van der Waals surface area contributed by atoms with E-state index < -0.39 is 0 Å². The Morgan fingerprint density at radius 3 is 2.58 bits per heavy atom. The van der Waals surface area contributed by atoms with Crippen LogP contribution in [-0.4, -0.2) is 43.2 Å². The van der Waals surface area contributed by atoms with Crippen molar-refractivity contribution >= 4 is 17.7 Å². The number of nitrogens with zero attached hydrogens (tertiary/aromatic N) is 1. The topological polar surface area (TPSA) is 45.7 Å². The monoisotopic (exact) mass is 351 g/mol. The highest BCUT2D eigenvalue weighted by Gasteiger charge is 2.15. The maximum Gasteiger partial charge on any atom is 0.191 e. The minimum absolute atomic E-state index is 0.174. The molecule has 24 heavy (non-hydrogen) atoms. The van der Waals surface area contributed by atoms with Crippen molar-refractivity contribution < 1.29 is 4.74 Å². The fourth-order valence-corrected chi connectivity index (χ4v) is 2.17. The molecule has 136 valence electrons. The van der Waals surface area contributed by atoms with Gasteiger partial charge in [-0.25, -0.2) is 0 Å². The van der Waals surface area contributed by atoms with E-state index in [9.17, 15) is 0 Å². The number of thioether (sulfide) groups is 1. The van der Waals surface area contributed by atoms with Gasteiger partial charge in [-0.15, -0.1) is 0 Å². The molecule has 0 aliphatic carbocycles. The third kappa shape index (κ3) is 9.83. The average molecular weight is 352 g/mol. The van der Waals surface area contributed by atoms with Crippen LogP contribution >= 0.6 is 11.8 Å². The standard InChI is InChI=1S/C19H33N3OS/c1-5-20-18(22-16-19(2,3)24-4)21-13-9-10-14-23-15-17-11-7-6-8-12-17/h6-8,11-12H,5,9-10,13-16H2,1-4H3,(H2,20,21,22). The second-order valence-electron chi connectivity index (χ2n) is 6.33. The van der Waals surface area contributed by atoms with Crippen LogP contribution < -0.4 is 10.6 Å². The molecule has 0 unspecified atom stereocenters. The van der Waals surface area contributed by atoms with Gasteiger partial charge in [-0.1, -0.05) is 30.3 Å². The molecule has 0 saturated carbocycles. The molecule has 0 spiro atoms. The van der Waals surface area contributed by atoms with E-state index in [2.05, 4.69) is 54.8 Å².